The van der Waals surface area contributed by atoms with Gasteiger partial charge in [-0.15, -0.1) is 0 Å². The Balaban J connectivity index is 2.14. The number of nitrogens with zero attached hydrogens (tertiary/aromatic N) is 1. The largest absolute Gasteiger partial charge is 0.373 e. The van der Waals surface area contributed by atoms with Crippen LogP contribution in [0.4, 0.5) is 5.69 Å². The van der Waals surface area contributed by atoms with Gasteiger partial charge in [-0.3, -0.25) is 0 Å². The molecule has 2 nitrogen and oxygen atoms in total. The zero-order valence-electron chi connectivity index (χ0n) is 13.8. The molecule has 0 spiro atoms. The van der Waals surface area contributed by atoms with Crippen molar-refractivity contribution < 1.29 is 0 Å². The minimum atomic E-state index is 0.0233. The van der Waals surface area contributed by atoms with E-state index in [4.69, 9.17) is 5.73 Å². The van der Waals surface area contributed by atoms with E-state index in [1.54, 1.807) is 0 Å². The topological polar surface area (TPSA) is 29.3 Å². The smallest absolute Gasteiger partial charge is 0.0473 e. The summed E-state index contributed by atoms with van der Waals surface area (Å²) < 4.78 is 0. The number of benzene rings is 2. The maximum absolute atomic E-state index is 6.39. The van der Waals surface area contributed by atoms with Crippen LogP contribution in [0.1, 0.15) is 33.9 Å². The highest BCUT2D eigenvalue weighted by molar-refractivity contribution is 5.50. The second-order valence-corrected chi connectivity index (χ2v) is 6.18. The molecule has 0 saturated heterocycles. The van der Waals surface area contributed by atoms with Gasteiger partial charge in [0, 0.05) is 25.3 Å². The molecule has 0 amide bonds. The lowest BCUT2D eigenvalue weighted by atomic mass is 10.0. The molecule has 0 aliphatic carbocycles. The molecule has 2 rings (SSSR count). The molecule has 0 aliphatic heterocycles. The first-order valence-electron chi connectivity index (χ1n) is 7.49. The molecule has 2 aromatic rings. The van der Waals surface area contributed by atoms with Crippen LogP contribution in [0.25, 0.3) is 0 Å². The van der Waals surface area contributed by atoms with E-state index in [2.05, 4.69) is 76.0 Å². The number of hydrogen-bond acceptors (Lipinski definition) is 2. The van der Waals surface area contributed by atoms with Gasteiger partial charge in [0.25, 0.3) is 0 Å². The molecule has 21 heavy (non-hydrogen) atoms. The second-order valence-electron chi connectivity index (χ2n) is 6.18. The van der Waals surface area contributed by atoms with Crippen LogP contribution in [0, 0.1) is 27.7 Å². The Morgan fingerprint density at radius 2 is 1.52 bits per heavy atom. The molecule has 2 aromatic carbocycles. The van der Waals surface area contributed by atoms with Crippen LogP contribution in [-0.4, -0.2) is 13.6 Å². The first-order valence-corrected chi connectivity index (χ1v) is 7.49. The van der Waals surface area contributed by atoms with Gasteiger partial charge in [-0.1, -0.05) is 24.3 Å². The SMILES string of the molecule is Cc1cc(C)cc(N(C)CC(N)c2ccc(C)c(C)c2)c1. The monoisotopic (exact) mass is 282 g/mol. The van der Waals surface area contributed by atoms with E-state index in [1.165, 1.54) is 33.5 Å². The maximum atomic E-state index is 6.39. The minimum absolute atomic E-state index is 0.0233. The Morgan fingerprint density at radius 1 is 0.905 bits per heavy atom. The summed E-state index contributed by atoms with van der Waals surface area (Å²) in [6, 6.07) is 13.1. The number of rotatable bonds is 4. The Hall–Kier alpha value is -1.80. The maximum Gasteiger partial charge on any atom is 0.0473 e. The molecule has 0 saturated carbocycles. The predicted molar refractivity (Wildman–Crippen MR) is 92.0 cm³/mol. The molecule has 1 unspecified atom stereocenters. The lowest BCUT2D eigenvalue weighted by Gasteiger charge is -2.25. The number of hydrogen-bond donors (Lipinski definition) is 1. The number of anilines is 1. The molecule has 1 atom stereocenters. The van der Waals surface area contributed by atoms with Crippen molar-refractivity contribution in [1.82, 2.24) is 0 Å². The van der Waals surface area contributed by atoms with E-state index >= 15 is 0 Å². The van der Waals surface area contributed by atoms with Crippen molar-refractivity contribution in [1.29, 1.82) is 0 Å². The van der Waals surface area contributed by atoms with Gasteiger partial charge < -0.3 is 10.6 Å². The Kier molecular flexibility index (Phi) is 4.69. The summed E-state index contributed by atoms with van der Waals surface area (Å²) in [5.74, 6) is 0. The summed E-state index contributed by atoms with van der Waals surface area (Å²) >= 11 is 0. The van der Waals surface area contributed by atoms with Gasteiger partial charge in [0.05, 0.1) is 0 Å². The summed E-state index contributed by atoms with van der Waals surface area (Å²) in [5, 5.41) is 0. The molecule has 2 heteroatoms. The molecule has 112 valence electrons. The van der Waals surface area contributed by atoms with Gasteiger partial charge in [0.15, 0.2) is 0 Å². The number of aryl methyl sites for hydroxylation is 4. The average molecular weight is 282 g/mol. The first kappa shape index (κ1) is 15.6. The zero-order valence-corrected chi connectivity index (χ0v) is 13.8. The van der Waals surface area contributed by atoms with Crippen LogP contribution >= 0.6 is 0 Å². The lowest BCUT2D eigenvalue weighted by molar-refractivity contribution is 0.702. The van der Waals surface area contributed by atoms with Crippen molar-refractivity contribution in [2.24, 2.45) is 5.73 Å². The van der Waals surface area contributed by atoms with E-state index < -0.39 is 0 Å². The molecule has 0 aromatic heterocycles. The third kappa shape index (κ3) is 3.85. The average Bonchev–Trinajstić information content (AvgIpc) is 2.40. The first-order chi connectivity index (χ1) is 9.86. The van der Waals surface area contributed by atoms with Crippen LogP contribution in [0.2, 0.25) is 0 Å². The highest BCUT2D eigenvalue weighted by Gasteiger charge is 2.11. The van der Waals surface area contributed by atoms with Gasteiger partial charge in [0.2, 0.25) is 0 Å². The lowest BCUT2D eigenvalue weighted by Crippen LogP contribution is -2.29. The van der Waals surface area contributed by atoms with E-state index in [0.717, 1.165) is 6.54 Å². The summed E-state index contributed by atoms with van der Waals surface area (Å²) in [5.41, 5.74) is 14.0. The van der Waals surface area contributed by atoms with Gasteiger partial charge in [-0.05, 0) is 67.6 Å². The van der Waals surface area contributed by atoms with Crippen LogP contribution in [0.3, 0.4) is 0 Å². The third-order valence-corrected chi connectivity index (χ3v) is 4.08. The van der Waals surface area contributed by atoms with Crippen LogP contribution < -0.4 is 10.6 Å². The van der Waals surface area contributed by atoms with E-state index in [1.807, 2.05) is 0 Å². The molecule has 0 fully saturated rings. The summed E-state index contributed by atoms with van der Waals surface area (Å²) in [6.07, 6.45) is 0. The van der Waals surface area contributed by atoms with E-state index in [0.29, 0.717) is 0 Å². The minimum Gasteiger partial charge on any atom is -0.373 e. The normalized spacial score (nSPS) is 12.3. The van der Waals surface area contributed by atoms with Crippen molar-refractivity contribution in [3.63, 3.8) is 0 Å². The van der Waals surface area contributed by atoms with Crippen LogP contribution in [0.5, 0.6) is 0 Å². The highest BCUT2D eigenvalue weighted by atomic mass is 15.1. The van der Waals surface area contributed by atoms with Gasteiger partial charge in [-0.2, -0.15) is 0 Å². The number of nitrogens with two attached hydrogens (primary N) is 1. The highest BCUT2D eigenvalue weighted by Crippen LogP contribution is 2.21. The molecular formula is C19H26N2. The predicted octanol–water partition coefficient (Wildman–Crippen LogP) is 4.06. The Labute approximate surface area is 128 Å². The molecule has 2 N–H and O–H groups in total. The fraction of sp³-hybridized carbons (Fsp3) is 0.368. The molecule has 0 radical (unpaired) electrons. The summed E-state index contributed by atoms with van der Waals surface area (Å²) in [6.45, 7) is 9.35. The van der Waals surface area contributed by atoms with Crippen molar-refractivity contribution in [3.8, 4) is 0 Å². The van der Waals surface area contributed by atoms with Crippen molar-refractivity contribution in [3.05, 3.63) is 64.2 Å². The van der Waals surface area contributed by atoms with E-state index in [9.17, 15) is 0 Å². The number of likely N-dealkylation sites (N-methyl/N-ethyl adjacent to an activating group) is 1. The summed E-state index contributed by atoms with van der Waals surface area (Å²) in [7, 11) is 2.11. The Morgan fingerprint density at radius 3 is 2.10 bits per heavy atom. The second kappa shape index (κ2) is 6.31. The fourth-order valence-electron chi connectivity index (χ4n) is 2.67. The molecular weight excluding hydrogens is 256 g/mol. The van der Waals surface area contributed by atoms with Gasteiger partial charge >= 0.3 is 0 Å². The summed E-state index contributed by atoms with van der Waals surface area (Å²) in [4.78, 5) is 2.24. The quantitative estimate of drug-likeness (QED) is 0.916. The standard InChI is InChI=1S/C19H26N2/c1-13-8-14(2)10-18(9-13)21(5)12-19(20)17-7-6-15(3)16(4)11-17/h6-11,19H,12,20H2,1-5H3. The van der Waals surface area contributed by atoms with Crippen molar-refractivity contribution >= 4 is 5.69 Å². The molecule has 0 aliphatic rings. The van der Waals surface area contributed by atoms with Crippen molar-refractivity contribution in [2.45, 2.75) is 33.7 Å². The van der Waals surface area contributed by atoms with Crippen LogP contribution in [0.15, 0.2) is 36.4 Å². The zero-order chi connectivity index (χ0) is 15.6. The molecule has 0 heterocycles. The van der Waals surface area contributed by atoms with E-state index in [-0.39, 0.29) is 6.04 Å². The fourth-order valence-corrected chi connectivity index (χ4v) is 2.67. The third-order valence-electron chi connectivity index (χ3n) is 4.08. The van der Waals surface area contributed by atoms with Crippen molar-refractivity contribution in [2.75, 3.05) is 18.5 Å². The van der Waals surface area contributed by atoms with Gasteiger partial charge in [-0.25, -0.2) is 0 Å². The Bertz CT molecular complexity index is 611. The molecule has 0 bridgehead atoms. The van der Waals surface area contributed by atoms with Crippen LogP contribution in [-0.2, 0) is 0 Å². The van der Waals surface area contributed by atoms with Gasteiger partial charge in [0.1, 0.15) is 0 Å².